The summed E-state index contributed by atoms with van der Waals surface area (Å²) in [6.45, 7) is 6.52. The zero-order chi connectivity index (χ0) is 14.3. The lowest BCUT2D eigenvalue weighted by atomic mass is 9.68. The third kappa shape index (κ3) is 3.09. The van der Waals surface area contributed by atoms with Gasteiger partial charge in [0.15, 0.2) is 0 Å². The van der Waals surface area contributed by atoms with Crippen molar-refractivity contribution in [1.82, 2.24) is 10.6 Å². The molecule has 2 aliphatic carbocycles. The average molecular weight is 282 g/mol. The Morgan fingerprint density at radius 1 is 1.20 bits per heavy atom. The van der Waals surface area contributed by atoms with Crippen molar-refractivity contribution in [3.05, 3.63) is 0 Å². The van der Waals surface area contributed by atoms with Crippen molar-refractivity contribution in [2.24, 2.45) is 5.92 Å². The highest BCUT2D eigenvalue weighted by molar-refractivity contribution is 5.68. The highest BCUT2D eigenvalue weighted by Gasteiger charge is 2.54. The molecule has 2 saturated carbocycles. The van der Waals surface area contributed by atoms with Crippen LogP contribution in [0.2, 0.25) is 0 Å². The van der Waals surface area contributed by atoms with Crippen LogP contribution in [0.3, 0.4) is 0 Å². The Kier molecular flexibility index (Phi) is 3.67. The Hall–Kier alpha value is -0.810. The number of hydrogen-bond donors (Lipinski definition) is 2. The Labute approximate surface area is 120 Å². The lowest BCUT2D eigenvalue weighted by molar-refractivity contribution is -0.128. The van der Waals surface area contributed by atoms with Gasteiger partial charge in [-0.1, -0.05) is 0 Å². The zero-order valence-electron chi connectivity index (χ0n) is 12.6. The van der Waals surface area contributed by atoms with Crippen molar-refractivity contribution in [2.75, 3.05) is 6.61 Å². The molecule has 0 radical (unpaired) electrons. The molecule has 1 aliphatic heterocycles. The smallest absolute Gasteiger partial charge is 0.407 e. The van der Waals surface area contributed by atoms with E-state index < -0.39 is 5.60 Å². The van der Waals surface area contributed by atoms with Crippen molar-refractivity contribution >= 4 is 6.09 Å². The standard InChI is InChI=1S/C15H26N2O3/c1-15(2,3)20-14(18)17-11-10-5-4-8-19-13(10)12(11)16-9-6-7-9/h9-13,16H,4-8H2,1-3H3,(H,17,18). The quantitative estimate of drug-likeness (QED) is 0.829. The molecule has 114 valence electrons. The number of carbonyl (C=O) groups is 1. The summed E-state index contributed by atoms with van der Waals surface area (Å²) >= 11 is 0. The number of nitrogens with one attached hydrogen (secondary N) is 2. The van der Waals surface area contributed by atoms with Crippen LogP contribution in [0.4, 0.5) is 4.79 Å². The summed E-state index contributed by atoms with van der Waals surface area (Å²) in [5.74, 6) is 0.438. The van der Waals surface area contributed by atoms with Crippen molar-refractivity contribution in [3.8, 4) is 0 Å². The number of ether oxygens (including phenoxy) is 2. The highest BCUT2D eigenvalue weighted by Crippen LogP contribution is 2.40. The van der Waals surface area contributed by atoms with Crippen LogP contribution in [0.5, 0.6) is 0 Å². The van der Waals surface area contributed by atoms with Crippen LogP contribution in [-0.2, 0) is 9.47 Å². The fraction of sp³-hybridized carbons (Fsp3) is 0.933. The number of hydrogen-bond acceptors (Lipinski definition) is 4. The molecule has 0 aromatic carbocycles. The minimum atomic E-state index is -0.449. The van der Waals surface area contributed by atoms with Gasteiger partial charge in [-0.3, -0.25) is 0 Å². The summed E-state index contributed by atoms with van der Waals surface area (Å²) in [5.41, 5.74) is -0.449. The van der Waals surface area contributed by atoms with Crippen LogP contribution in [-0.4, -0.2) is 42.5 Å². The van der Waals surface area contributed by atoms with Gasteiger partial charge in [-0.25, -0.2) is 4.79 Å². The van der Waals surface area contributed by atoms with E-state index in [1.54, 1.807) is 0 Å². The fourth-order valence-corrected chi connectivity index (χ4v) is 3.27. The van der Waals surface area contributed by atoms with Gasteiger partial charge < -0.3 is 20.1 Å². The summed E-state index contributed by atoms with van der Waals surface area (Å²) < 4.78 is 11.3. The minimum absolute atomic E-state index is 0.149. The predicted molar refractivity (Wildman–Crippen MR) is 75.6 cm³/mol. The van der Waals surface area contributed by atoms with Gasteiger partial charge >= 0.3 is 6.09 Å². The molecule has 4 atom stereocenters. The normalized spacial score (nSPS) is 36.8. The number of rotatable bonds is 3. The molecule has 0 spiro atoms. The summed E-state index contributed by atoms with van der Waals surface area (Å²) in [5, 5.41) is 6.66. The van der Waals surface area contributed by atoms with Crippen LogP contribution in [0.15, 0.2) is 0 Å². The zero-order valence-corrected chi connectivity index (χ0v) is 12.6. The lowest BCUT2D eigenvalue weighted by Gasteiger charge is -2.54. The van der Waals surface area contributed by atoms with E-state index in [1.807, 2.05) is 20.8 Å². The third-order valence-electron chi connectivity index (χ3n) is 4.31. The first-order chi connectivity index (χ1) is 9.44. The first-order valence-electron chi connectivity index (χ1n) is 7.81. The molecule has 0 bridgehead atoms. The third-order valence-corrected chi connectivity index (χ3v) is 4.31. The number of alkyl carbamates (subject to hydrolysis) is 1. The number of fused-ring (bicyclic) bond motifs is 1. The molecule has 4 unspecified atom stereocenters. The first kappa shape index (κ1) is 14.1. The van der Waals surface area contributed by atoms with Gasteiger partial charge in [0.25, 0.3) is 0 Å². The molecule has 5 heteroatoms. The summed E-state index contributed by atoms with van der Waals surface area (Å²) in [6, 6.07) is 1.02. The van der Waals surface area contributed by atoms with E-state index in [9.17, 15) is 4.79 Å². The van der Waals surface area contributed by atoms with Gasteiger partial charge in [-0.2, -0.15) is 0 Å². The largest absolute Gasteiger partial charge is 0.444 e. The summed E-state index contributed by atoms with van der Waals surface area (Å²) in [7, 11) is 0. The second kappa shape index (κ2) is 5.19. The molecule has 1 saturated heterocycles. The Bertz CT molecular complexity index is 376. The summed E-state index contributed by atoms with van der Waals surface area (Å²) in [6.07, 6.45) is 4.66. The van der Waals surface area contributed by atoms with Crippen molar-refractivity contribution in [3.63, 3.8) is 0 Å². The minimum Gasteiger partial charge on any atom is -0.444 e. The topological polar surface area (TPSA) is 59.6 Å². The second-order valence-corrected chi connectivity index (χ2v) is 7.28. The van der Waals surface area contributed by atoms with Gasteiger partial charge in [0.2, 0.25) is 0 Å². The maximum atomic E-state index is 12.0. The molecule has 3 aliphatic rings. The predicted octanol–water partition coefficient (Wildman–Crippen LogP) is 1.81. The van der Waals surface area contributed by atoms with E-state index >= 15 is 0 Å². The van der Waals surface area contributed by atoms with Gasteiger partial charge in [-0.05, 0) is 46.5 Å². The lowest BCUT2D eigenvalue weighted by Crippen LogP contribution is -2.73. The van der Waals surface area contributed by atoms with Crippen molar-refractivity contribution in [2.45, 2.75) is 76.3 Å². The average Bonchev–Trinajstić information content (AvgIpc) is 3.15. The van der Waals surface area contributed by atoms with Gasteiger partial charge in [-0.15, -0.1) is 0 Å². The maximum absolute atomic E-state index is 12.0. The molecule has 3 rings (SSSR count). The van der Waals surface area contributed by atoms with Crippen LogP contribution in [0.1, 0.15) is 46.5 Å². The van der Waals surface area contributed by atoms with Crippen LogP contribution in [0, 0.1) is 5.92 Å². The first-order valence-corrected chi connectivity index (χ1v) is 7.81. The molecule has 0 aromatic heterocycles. The van der Waals surface area contributed by atoms with Crippen molar-refractivity contribution in [1.29, 1.82) is 0 Å². The number of amides is 1. The molecule has 2 N–H and O–H groups in total. The van der Waals surface area contributed by atoms with Crippen LogP contribution in [0.25, 0.3) is 0 Å². The Balaban J connectivity index is 1.58. The van der Waals surface area contributed by atoms with E-state index in [2.05, 4.69) is 10.6 Å². The molecule has 5 nitrogen and oxygen atoms in total. The molecular weight excluding hydrogens is 256 g/mol. The SMILES string of the molecule is CC(C)(C)OC(=O)NC1C2CCCOC2C1NC1CC1. The van der Waals surface area contributed by atoms with E-state index in [-0.39, 0.29) is 24.3 Å². The van der Waals surface area contributed by atoms with E-state index in [0.717, 1.165) is 19.4 Å². The van der Waals surface area contributed by atoms with E-state index in [4.69, 9.17) is 9.47 Å². The molecule has 1 heterocycles. The van der Waals surface area contributed by atoms with Crippen LogP contribution >= 0.6 is 0 Å². The highest BCUT2D eigenvalue weighted by atomic mass is 16.6. The van der Waals surface area contributed by atoms with Crippen LogP contribution < -0.4 is 10.6 Å². The monoisotopic (exact) mass is 282 g/mol. The Morgan fingerprint density at radius 3 is 2.60 bits per heavy atom. The molecule has 20 heavy (non-hydrogen) atoms. The van der Waals surface area contributed by atoms with E-state index in [0.29, 0.717) is 12.0 Å². The number of carbonyl (C=O) groups excluding carboxylic acids is 1. The van der Waals surface area contributed by atoms with Gasteiger partial charge in [0.1, 0.15) is 5.60 Å². The summed E-state index contributed by atoms with van der Waals surface area (Å²) in [4.78, 5) is 12.0. The Morgan fingerprint density at radius 2 is 1.95 bits per heavy atom. The van der Waals surface area contributed by atoms with Gasteiger partial charge in [0, 0.05) is 18.6 Å². The van der Waals surface area contributed by atoms with E-state index in [1.165, 1.54) is 12.8 Å². The molecule has 0 aromatic rings. The van der Waals surface area contributed by atoms with Gasteiger partial charge in [0.05, 0.1) is 18.2 Å². The van der Waals surface area contributed by atoms with Crippen molar-refractivity contribution < 1.29 is 14.3 Å². The molecular formula is C15H26N2O3. The molecule has 3 fully saturated rings. The maximum Gasteiger partial charge on any atom is 0.407 e. The molecule has 1 amide bonds. The fourth-order valence-electron chi connectivity index (χ4n) is 3.27. The second-order valence-electron chi connectivity index (χ2n) is 7.28.